The molecular weight excluding hydrogens is 366 g/mol. The first kappa shape index (κ1) is 22.1. The largest absolute Gasteiger partial charge is 0.329 e. The first-order valence-corrected chi connectivity index (χ1v) is 9.54. The molecule has 2 N–H and O–H groups in total. The van der Waals surface area contributed by atoms with Crippen molar-refractivity contribution in [3.8, 4) is 6.07 Å². The number of amides is 1. The lowest BCUT2D eigenvalue weighted by Gasteiger charge is -2.34. The van der Waals surface area contributed by atoms with Gasteiger partial charge in [-0.25, -0.2) is 4.98 Å². The zero-order valence-corrected chi connectivity index (χ0v) is 17.1. The number of rotatable bonds is 8. The van der Waals surface area contributed by atoms with Gasteiger partial charge >= 0.3 is 0 Å². The first-order valence-electron chi connectivity index (χ1n) is 9.54. The number of hydrogen-bond donors (Lipinski definition) is 1. The topological polar surface area (TPSA) is 105 Å². The van der Waals surface area contributed by atoms with Crippen LogP contribution in [0.1, 0.15) is 42.5 Å². The number of hydrogen-bond acceptors (Lipinski definition) is 5. The monoisotopic (exact) mass is 393 g/mol. The Labute approximate surface area is 171 Å². The molecule has 1 aromatic heterocycles. The minimum atomic E-state index is -0.534. The molecule has 1 unspecified atom stereocenters. The molecule has 1 heterocycles. The zero-order valence-electron chi connectivity index (χ0n) is 17.1. The second-order valence-corrected chi connectivity index (χ2v) is 7.15. The number of nitrogens with two attached hydrogens (primary N) is 1. The smallest absolute Gasteiger partial charge is 0.258 e. The van der Waals surface area contributed by atoms with Gasteiger partial charge in [-0.15, -0.1) is 0 Å². The van der Waals surface area contributed by atoms with Crippen molar-refractivity contribution in [1.82, 2.24) is 14.5 Å². The van der Waals surface area contributed by atoms with Crippen LogP contribution in [0.2, 0.25) is 0 Å². The maximum atomic E-state index is 13.1. The minimum Gasteiger partial charge on any atom is -0.329 e. The Morgan fingerprint density at radius 2 is 2.03 bits per heavy atom. The molecule has 29 heavy (non-hydrogen) atoms. The second-order valence-electron chi connectivity index (χ2n) is 7.15. The van der Waals surface area contributed by atoms with Crippen LogP contribution in [0.25, 0.3) is 0 Å². The summed E-state index contributed by atoms with van der Waals surface area (Å²) in [4.78, 5) is 31.8. The quantitative estimate of drug-likeness (QED) is 0.692. The van der Waals surface area contributed by atoms with E-state index in [0.717, 1.165) is 5.56 Å². The van der Waals surface area contributed by atoms with Crippen molar-refractivity contribution >= 4 is 5.91 Å². The first-order chi connectivity index (χ1) is 13.8. The molecule has 0 radical (unpaired) electrons. The highest BCUT2D eigenvalue weighted by molar-refractivity contribution is 5.87. The molecule has 2 rings (SSSR count). The summed E-state index contributed by atoms with van der Waals surface area (Å²) in [6.07, 6.45) is 1.23. The Morgan fingerprint density at radius 1 is 1.38 bits per heavy atom. The summed E-state index contributed by atoms with van der Waals surface area (Å²) in [7, 11) is 0. The highest BCUT2D eigenvalue weighted by Crippen LogP contribution is 2.28. The molecule has 0 saturated heterocycles. The van der Waals surface area contributed by atoms with Crippen LogP contribution in [0.3, 0.4) is 0 Å². The summed E-state index contributed by atoms with van der Waals surface area (Å²) in [5, 5.41) is 9.49. The van der Waals surface area contributed by atoms with Crippen molar-refractivity contribution in [2.75, 3.05) is 13.1 Å². The van der Waals surface area contributed by atoms with Crippen LogP contribution in [0, 0.1) is 24.2 Å². The molecule has 7 heteroatoms. The van der Waals surface area contributed by atoms with E-state index in [-0.39, 0.29) is 48.3 Å². The van der Waals surface area contributed by atoms with E-state index in [9.17, 15) is 14.9 Å². The van der Waals surface area contributed by atoms with Crippen LogP contribution in [0.4, 0.5) is 0 Å². The third-order valence-corrected chi connectivity index (χ3v) is 4.77. The Kier molecular flexibility index (Phi) is 7.46. The van der Waals surface area contributed by atoms with Gasteiger partial charge in [0.2, 0.25) is 5.91 Å². The van der Waals surface area contributed by atoms with E-state index in [0.29, 0.717) is 5.82 Å². The van der Waals surface area contributed by atoms with E-state index >= 15 is 0 Å². The van der Waals surface area contributed by atoms with E-state index in [1.165, 1.54) is 6.08 Å². The van der Waals surface area contributed by atoms with Gasteiger partial charge in [0, 0.05) is 13.1 Å². The minimum absolute atomic E-state index is 0.0683. The number of nitriles is 1. The SMILES string of the molecule is C=CC(=O)N(CCN)C(c1nc(C#N)c(C)c(=O)n1Cc1ccccc1)C(C)C. The molecule has 1 atom stereocenters. The van der Waals surface area contributed by atoms with Crippen LogP contribution in [0.5, 0.6) is 0 Å². The van der Waals surface area contributed by atoms with Gasteiger partial charge in [-0.3, -0.25) is 14.2 Å². The van der Waals surface area contributed by atoms with E-state index in [1.54, 1.807) is 16.4 Å². The Morgan fingerprint density at radius 3 is 2.55 bits per heavy atom. The molecule has 152 valence electrons. The summed E-state index contributed by atoms with van der Waals surface area (Å²) < 4.78 is 1.55. The van der Waals surface area contributed by atoms with Crippen molar-refractivity contribution < 1.29 is 4.79 Å². The summed E-state index contributed by atoms with van der Waals surface area (Å²) in [5.74, 6) is 0.00187. The fraction of sp³-hybridized carbons (Fsp3) is 0.364. The van der Waals surface area contributed by atoms with E-state index in [2.05, 4.69) is 11.6 Å². The normalized spacial score (nSPS) is 11.7. The fourth-order valence-corrected chi connectivity index (χ4v) is 3.36. The lowest BCUT2D eigenvalue weighted by atomic mass is 10.00. The fourth-order valence-electron chi connectivity index (χ4n) is 3.36. The molecule has 0 spiro atoms. The average Bonchev–Trinajstić information content (AvgIpc) is 2.72. The number of carbonyl (C=O) groups excluding carboxylic acids is 1. The Balaban J connectivity index is 2.76. The summed E-state index contributed by atoms with van der Waals surface area (Å²) in [6.45, 7) is 9.88. The van der Waals surface area contributed by atoms with Gasteiger partial charge in [0.25, 0.3) is 5.56 Å². The summed E-state index contributed by atoms with van der Waals surface area (Å²) >= 11 is 0. The maximum Gasteiger partial charge on any atom is 0.258 e. The highest BCUT2D eigenvalue weighted by atomic mass is 16.2. The van der Waals surface area contributed by atoms with E-state index in [1.807, 2.05) is 50.2 Å². The third-order valence-electron chi connectivity index (χ3n) is 4.77. The molecule has 0 fully saturated rings. The zero-order chi connectivity index (χ0) is 21.6. The lowest BCUT2D eigenvalue weighted by molar-refractivity contribution is -0.129. The van der Waals surface area contributed by atoms with Gasteiger partial charge in [0.05, 0.1) is 18.2 Å². The summed E-state index contributed by atoms with van der Waals surface area (Å²) in [6, 6.07) is 11.0. The predicted octanol–water partition coefficient (Wildman–Crippen LogP) is 2.14. The van der Waals surface area contributed by atoms with E-state index < -0.39 is 6.04 Å². The van der Waals surface area contributed by atoms with Crippen molar-refractivity contribution in [3.05, 3.63) is 76.0 Å². The number of nitrogens with zero attached hydrogens (tertiary/aromatic N) is 4. The Bertz CT molecular complexity index is 973. The van der Waals surface area contributed by atoms with Crippen LogP contribution < -0.4 is 11.3 Å². The molecule has 7 nitrogen and oxygen atoms in total. The third kappa shape index (κ3) is 4.79. The molecule has 2 aromatic rings. The molecule has 0 aliphatic heterocycles. The van der Waals surface area contributed by atoms with Crippen LogP contribution in [-0.4, -0.2) is 33.4 Å². The van der Waals surface area contributed by atoms with Crippen molar-refractivity contribution in [1.29, 1.82) is 5.26 Å². The van der Waals surface area contributed by atoms with Gasteiger partial charge in [-0.05, 0) is 24.5 Å². The lowest BCUT2D eigenvalue weighted by Crippen LogP contribution is -2.43. The second kappa shape index (κ2) is 9.80. The van der Waals surface area contributed by atoms with Crippen LogP contribution >= 0.6 is 0 Å². The van der Waals surface area contributed by atoms with Gasteiger partial charge in [0.1, 0.15) is 11.9 Å². The van der Waals surface area contributed by atoms with E-state index in [4.69, 9.17) is 5.73 Å². The Hall–Kier alpha value is -3.24. The molecule has 0 saturated carbocycles. The molecule has 1 aromatic carbocycles. The van der Waals surface area contributed by atoms with Gasteiger partial charge in [-0.1, -0.05) is 50.8 Å². The van der Waals surface area contributed by atoms with Gasteiger partial charge in [0.15, 0.2) is 5.69 Å². The van der Waals surface area contributed by atoms with Gasteiger partial charge < -0.3 is 10.6 Å². The van der Waals surface area contributed by atoms with Crippen molar-refractivity contribution in [3.63, 3.8) is 0 Å². The number of aromatic nitrogens is 2. The van der Waals surface area contributed by atoms with Crippen LogP contribution in [-0.2, 0) is 11.3 Å². The average molecular weight is 393 g/mol. The molecular formula is C22H27N5O2. The molecule has 0 bridgehead atoms. The predicted molar refractivity (Wildman–Crippen MR) is 112 cm³/mol. The number of carbonyl (C=O) groups is 1. The van der Waals surface area contributed by atoms with Crippen molar-refractivity contribution in [2.24, 2.45) is 11.7 Å². The van der Waals surface area contributed by atoms with Gasteiger partial charge in [-0.2, -0.15) is 5.26 Å². The maximum absolute atomic E-state index is 13.1. The molecule has 1 amide bonds. The molecule has 0 aliphatic carbocycles. The van der Waals surface area contributed by atoms with Crippen LogP contribution in [0.15, 0.2) is 47.8 Å². The molecule has 0 aliphatic rings. The highest BCUT2D eigenvalue weighted by Gasteiger charge is 2.31. The van der Waals surface area contributed by atoms with Crippen molar-refractivity contribution in [2.45, 2.75) is 33.4 Å². The standard InChI is InChI=1S/C22H27N5O2/c1-5-19(28)26(12-11-23)20(15(2)3)21-25-18(13-24)16(4)22(29)27(21)14-17-9-7-6-8-10-17/h5-10,15,20H,1,11-12,14,23H2,2-4H3. The summed E-state index contributed by atoms with van der Waals surface area (Å²) in [5.41, 5.74) is 6.72. The number of benzene rings is 1.